The van der Waals surface area contributed by atoms with Gasteiger partial charge in [-0.2, -0.15) is 5.10 Å². The molecule has 0 spiro atoms. The van der Waals surface area contributed by atoms with Crippen molar-refractivity contribution in [2.75, 3.05) is 0 Å². The lowest BCUT2D eigenvalue weighted by Gasteiger charge is -2.09. The summed E-state index contributed by atoms with van der Waals surface area (Å²) in [5, 5.41) is 5.05. The van der Waals surface area contributed by atoms with E-state index in [9.17, 15) is 0 Å². The van der Waals surface area contributed by atoms with Gasteiger partial charge in [0, 0.05) is 29.4 Å². The first kappa shape index (κ1) is 13.1. The number of hydrogen-bond acceptors (Lipinski definition) is 2. The first-order valence-electron chi connectivity index (χ1n) is 6.21. The Balaban J connectivity index is 2.04. The van der Waals surface area contributed by atoms with Gasteiger partial charge in [-0.25, -0.2) is 0 Å². The maximum absolute atomic E-state index is 6.19. The van der Waals surface area contributed by atoms with E-state index in [1.54, 1.807) is 0 Å². The summed E-state index contributed by atoms with van der Waals surface area (Å²) in [5.74, 6) is 0. The molecule has 0 bridgehead atoms. The molecular formula is C14H18ClN3. The third-order valence-corrected chi connectivity index (χ3v) is 3.11. The average Bonchev–Trinajstić information content (AvgIpc) is 2.78. The zero-order valence-corrected chi connectivity index (χ0v) is 11.3. The summed E-state index contributed by atoms with van der Waals surface area (Å²) in [6.07, 6.45) is 5.73. The molecule has 0 saturated heterocycles. The van der Waals surface area contributed by atoms with Crippen LogP contribution >= 0.6 is 11.6 Å². The fourth-order valence-corrected chi connectivity index (χ4v) is 2.17. The molecule has 0 aliphatic heterocycles. The standard InChI is InChI=1S/C14H18ClN3/c1-2-6-18-10-12(9-17-18)14(16)8-11-4-3-5-13(15)7-11/h3-5,7,9-10,14H,2,6,8,16H2,1H3. The highest BCUT2D eigenvalue weighted by molar-refractivity contribution is 6.30. The summed E-state index contributed by atoms with van der Waals surface area (Å²) < 4.78 is 1.94. The minimum Gasteiger partial charge on any atom is -0.324 e. The highest BCUT2D eigenvalue weighted by Crippen LogP contribution is 2.18. The van der Waals surface area contributed by atoms with E-state index in [2.05, 4.69) is 12.0 Å². The van der Waals surface area contributed by atoms with Gasteiger partial charge in [-0.1, -0.05) is 30.7 Å². The lowest BCUT2D eigenvalue weighted by atomic mass is 10.0. The number of aromatic nitrogens is 2. The second-order valence-electron chi connectivity index (χ2n) is 4.48. The van der Waals surface area contributed by atoms with E-state index in [0.717, 1.165) is 35.5 Å². The number of aryl methyl sites for hydroxylation is 1. The molecule has 3 nitrogen and oxygen atoms in total. The van der Waals surface area contributed by atoms with E-state index in [0.29, 0.717) is 0 Å². The van der Waals surface area contributed by atoms with Crippen LogP contribution < -0.4 is 5.73 Å². The van der Waals surface area contributed by atoms with Gasteiger partial charge in [0.2, 0.25) is 0 Å². The van der Waals surface area contributed by atoms with E-state index in [1.807, 2.05) is 41.3 Å². The normalized spacial score (nSPS) is 12.6. The fourth-order valence-electron chi connectivity index (χ4n) is 1.96. The van der Waals surface area contributed by atoms with Gasteiger partial charge in [-0.15, -0.1) is 0 Å². The number of benzene rings is 1. The third-order valence-electron chi connectivity index (χ3n) is 2.88. The number of rotatable bonds is 5. The Labute approximate surface area is 113 Å². The molecule has 2 aromatic rings. The minimum absolute atomic E-state index is 0.0333. The van der Waals surface area contributed by atoms with Crippen LogP contribution in [0.1, 0.15) is 30.5 Å². The minimum atomic E-state index is -0.0333. The van der Waals surface area contributed by atoms with E-state index in [1.165, 1.54) is 0 Å². The Kier molecular flexibility index (Phi) is 4.39. The van der Waals surface area contributed by atoms with Gasteiger partial charge < -0.3 is 5.73 Å². The molecule has 1 unspecified atom stereocenters. The van der Waals surface area contributed by atoms with Crippen LogP contribution in [0.4, 0.5) is 0 Å². The number of nitrogens with two attached hydrogens (primary N) is 1. The zero-order valence-electron chi connectivity index (χ0n) is 10.5. The quantitative estimate of drug-likeness (QED) is 0.900. The number of hydrogen-bond donors (Lipinski definition) is 1. The molecule has 96 valence electrons. The second-order valence-corrected chi connectivity index (χ2v) is 4.91. The van der Waals surface area contributed by atoms with Crippen LogP contribution in [0, 0.1) is 0 Å². The largest absolute Gasteiger partial charge is 0.324 e. The lowest BCUT2D eigenvalue weighted by Crippen LogP contribution is -2.12. The third kappa shape index (κ3) is 3.34. The Hall–Kier alpha value is -1.32. The first-order chi connectivity index (χ1) is 8.69. The predicted molar refractivity (Wildman–Crippen MR) is 74.6 cm³/mol. The van der Waals surface area contributed by atoms with E-state index in [-0.39, 0.29) is 6.04 Å². The molecule has 18 heavy (non-hydrogen) atoms. The van der Waals surface area contributed by atoms with Crippen LogP contribution in [-0.2, 0) is 13.0 Å². The molecule has 0 aliphatic carbocycles. The maximum atomic E-state index is 6.19. The summed E-state index contributed by atoms with van der Waals surface area (Å²) in [5.41, 5.74) is 8.41. The van der Waals surface area contributed by atoms with Crippen molar-refractivity contribution >= 4 is 11.6 Å². The van der Waals surface area contributed by atoms with Gasteiger partial charge >= 0.3 is 0 Å². The monoisotopic (exact) mass is 263 g/mol. The van der Waals surface area contributed by atoms with Crippen molar-refractivity contribution in [3.63, 3.8) is 0 Å². The zero-order chi connectivity index (χ0) is 13.0. The van der Waals surface area contributed by atoms with Crippen molar-refractivity contribution in [3.8, 4) is 0 Å². The Morgan fingerprint density at radius 1 is 1.44 bits per heavy atom. The lowest BCUT2D eigenvalue weighted by molar-refractivity contribution is 0.601. The molecule has 4 heteroatoms. The van der Waals surface area contributed by atoms with Gasteiger partial charge in [0.1, 0.15) is 0 Å². The Bertz CT molecular complexity index is 507. The molecule has 0 aliphatic rings. The summed E-state index contributed by atoms with van der Waals surface area (Å²) in [4.78, 5) is 0. The maximum Gasteiger partial charge on any atom is 0.0537 e. The molecule has 2 N–H and O–H groups in total. The van der Waals surface area contributed by atoms with Crippen molar-refractivity contribution in [2.24, 2.45) is 5.73 Å². The summed E-state index contributed by atoms with van der Waals surface area (Å²) in [7, 11) is 0. The Morgan fingerprint density at radius 2 is 2.28 bits per heavy atom. The van der Waals surface area contributed by atoms with Crippen molar-refractivity contribution in [1.29, 1.82) is 0 Å². The summed E-state index contributed by atoms with van der Waals surface area (Å²) in [6, 6.07) is 7.79. The van der Waals surface area contributed by atoms with Crippen LogP contribution in [-0.4, -0.2) is 9.78 Å². The molecule has 0 saturated carbocycles. The first-order valence-corrected chi connectivity index (χ1v) is 6.59. The number of nitrogens with zero attached hydrogens (tertiary/aromatic N) is 2. The van der Waals surface area contributed by atoms with Crippen LogP contribution in [0.25, 0.3) is 0 Å². The van der Waals surface area contributed by atoms with Gasteiger partial charge in [-0.05, 0) is 30.5 Å². The highest BCUT2D eigenvalue weighted by atomic mass is 35.5. The van der Waals surface area contributed by atoms with Crippen molar-refractivity contribution in [1.82, 2.24) is 9.78 Å². The molecule has 0 radical (unpaired) electrons. The smallest absolute Gasteiger partial charge is 0.0537 e. The van der Waals surface area contributed by atoms with Gasteiger partial charge in [-0.3, -0.25) is 4.68 Å². The molecule has 0 fully saturated rings. The van der Waals surface area contributed by atoms with Gasteiger partial charge in [0.25, 0.3) is 0 Å². The molecule has 0 amide bonds. The van der Waals surface area contributed by atoms with Crippen LogP contribution in [0.3, 0.4) is 0 Å². The second kappa shape index (κ2) is 6.03. The van der Waals surface area contributed by atoms with E-state index >= 15 is 0 Å². The van der Waals surface area contributed by atoms with E-state index in [4.69, 9.17) is 17.3 Å². The summed E-state index contributed by atoms with van der Waals surface area (Å²) in [6.45, 7) is 3.07. The highest BCUT2D eigenvalue weighted by Gasteiger charge is 2.09. The molecule has 1 atom stereocenters. The van der Waals surface area contributed by atoms with Crippen molar-refractivity contribution in [3.05, 3.63) is 52.8 Å². The predicted octanol–water partition coefficient (Wildman–Crippen LogP) is 3.19. The molecule has 1 aromatic carbocycles. The molecule has 1 aromatic heterocycles. The molecule has 2 rings (SSSR count). The van der Waals surface area contributed by atoms with Crippen molar-refractivity contribution in [2.45, 2.75) is 32.4 Å². The van der Waals surface area contributed by atoms with Gasteiger partial charge in [0.05, 0.1) is 6.20 Å². The molecular weight excluding hydrogens is 246 g/mol. The molecule has 1 heterocycles. The van der Waals surface area contributed by atoms with Crippen LogP contribution in [0.2, 0.25) is 5.02 Å². The van der Waals surface area contributed by atoms with Crippen LogP contribution in [0.15, 0.2) is 36.7 Å². The number of halogens is 1. The SMILES string of the molecule is CCCn1cc(C(N)Cc2cccc(Cl)c2)cn1. The Morgan fingerprint density at radius 3 is 3.00 bits per heavy atom. The summed E-state index contributed by atoms with van der Waals surface area (Å²) >= 11 is 5.96. The van der Waals surface area contributed by atoms with Crippen molar-refractivity contribution < 1.29 is 0 Å². The average molecular weight is 264 g/mol. The topological polar surface area (TPSA) is 43.8 Å². The van der Waals surface area contributed by atoms with E-state index < -0.39 is 0 Å². The fraction of sp³-hybridized carbons (Fsp3) is 0.357. The van der Waals surface area contributed by atoms with Crippen LogP contribution in [0.5, 0.6) is 0 Å². The van der Waals surface area contributed by atoms with Gasteiger partial charge in [0.15, 0.2) is 0 Å².